The zero-order valence-electron chi connectivity index (χ0n) is 16.0. The molecule has 0 atom stereocenters. The van der Waals surface area contributed by atoms with Crippen molar-refractivity contribution >= 4 is 27.5 Å². The van der Waals surface area contributed by atoms with Crippen LogP contribution in [0.5, 0.6) is 0 Å². The summed E-state index contributed by atoms with van der Waals surface area (Å²) in [6, 6.07) is 10.5. The van der Waals surface area contributed by atoms with Crippen molar-refractivity contribution in [3.05, 3.63) is 58.7 Å². The standard InChI is InChI=1S/C19H25N3O3S/c1-13-11-14(2)18(15(3)12-13)20-19(23)16-7-9-17(10-8-16)22(6)26(24,25)21(4)5/h7-12H,1-6H3,(H,20,23). The van der Waals surface area contributed by atoms with Gasteiger partial charge < -0.3 is 5.32 Å². The Morgan fingerprint density at radius 1 is 0.923 bits per heavy atom. The molecule has 0 saturated carbocycles. The highest BCUT2D eigenvalue weighted by atomic mass is 32.2. The Hall–Kier alpha value is -2.38. The summed E-state index contributed by atoms with van der Waals surface area (Å²) >= 11 is 0. The monoisotopic (exact) mass is 375 g/mol. The van der Waals surface area contributed by atoms with Crippen LogP contribution in [0.15, 0.2) is 36.4 Å². The second kappa shape index (κ2) is 7.47. The fourth-order valence-electron chi connectivity index (χ4n) is 2.76. The zero-order valence-corrected chi connectivity index (χ0v) is 16.8. The smallest absolute Gasteiger partial charge is 0.303 e. The van der Waals surface area contributed by atoms with Gasteiger partial charge >= 0.3 is 10.2 Å². The first kappa shape index (κ1) is 19.9. The van der Waals surface area contributed by atoms with Crippen LogP contribution < -0.4 is 9.62 Å². The Morgan fingerprint density at radius 3 is 1.88 bits per heavy atom. The lowest BCUT2D eigenvalue weighted by Gasteiger charge is -2.23. The highest BCUT2D eigenvalue weighted by Crippen LogP contribution is 2.23. The predicted molar refractivity (Wildman–Crippen MR) is 106 cm³/mol. The fourth-order valence-corrected chi connectivity index (χ4v) is 3.64. The second-order valence-electron chi connectivity index (χ2n) is 6.53. The van der Waals surface area contributed by atoms with Crippen molar-refractivity contribution < 1.29 is 13.2 Å². The molecule has 6 nitrogen and oxygen atoms in total. The Balaban J connectivity index is 2.22. The number of anilines is 2. The summed E-state index contributed by atoms with van der Waals surface area (Å²) in [5.41, 5.74) is 4.90. The normalized spacial score (nSPS) is 11.5. The van der Waals surface area contributed by atoms with Crippen LogP contribution >= 0.6 is 0 Å². The molecule has 0 bridgehead atoms. The molecule has 2 aromatic carbocycles. The molecular formula is C19H25N3O3S. The number of carbonyl (C=O) groups excluding carboxylic acids is 1. The quantitative estimate of drug-likeness (QED) is 0.873. The molecular weight excluding hydrogens is 350 g/mol. The maximum atomic E-state index is 12.5. The Kier molecular flexibility index (Phi) is 5.73. The van der Waals surface area contributed by atoms with Gasteiger partial charge in [0, 0.05) is 32.4 Å². The van der Waals surface area contributed by atoms with Gasteiger partial charge in [0.05, 0.1) is 5.69 Å². The first-order chi connectivity index (χ1) is 12.0. The van der Waals surface area contributed by atoms with Crippen LogP contribution in [0.2, 0.25) is 0 Å². The topological polar surface area (TPSA) is 69.7 Å². The molecule has 2 rings (SSSR count). The summed E-state index contributed by atoms with van der Waals surface area (Å²) in [5, 5.41) is 2.94. The van der Waals surface area contributed by atoms with Crippen LogP contribution in [-0.2, 0) is 10.2 Å². The maximum Gasteiger partial charge on any atom is 0.303 e. The third-order valence-electron chi connectivity index (χ3n) is 4.22. The minimum Gasteiger partial charge on any atom is -0.322 e. The minimum absolute atomic E-state index is 0.232. The number of nitrogens with one attached hydrogen (secondary N) is 1. The number of hydrogen-bond donors (Lipinski definition) is 1. The zero-order chi connectivity index (χ0) is 19.6. The second-order valence-corrected chi connectivity index (χ2v) is 8.71. The molecule has 0 aliphatic rings. The molecule has 2 aromatic rings. The minimum atomic E-state index is -3.56. The molecule has 7 heteroatoms. The largest absolute Gasteiger partial charge is 0.322 e. The van der Waals surface area contributed by atoms with Crippen molar-refractivity contribution in [2.24, 2.45) is 0 Å². The Bertz CT molecular complexity index is 897. The number of benzene rings is 2. The van der Waals surface area contributed by atoms with Gasteiger partial charge in [-0.1, -0.05) is 17.7 Å². The Labute approximate surface area is 155 Å². The van der Waals surface area contributed by atoms with Crippen LogP contribution in [0.4, 0.5) is 11.4 Å². The average Bonchev–Trinajstić information content (AvgIpc) is 2.57. The highest BCUT2D eigenvalue weighted by Gasteiger charge is 2.21. The summed E-state index contributed by atoms with van der Waals surface area (Å²) in [7, 11) is 0.859. The van der Waals surface area contributed by atoms with Crippen LogP contribution in [0.25, 0.3) is 0 Å². The molecule has 0 fully saturated rings. The molecule has 140 valence electrons. The predicted octanol–water partition coefficient (Wildman–Crippen LogP) is 3.11. The van der Waals surface area contributed by atoms with Gasteiger partial charge in [-0.05, 0) is 56.2 Å². The molecule has 0 heterocycles. The van der Waals surface area contributed by atoms with Crippen LogP contribution in [0.1, 0.15) is 27.0 Å². The summed E-state index contributed by atoms with van der Waals surface area (Å²) in [4.78, 5) is 12.5. The Morgan fingerprint density at radius 2 is 1.42 bits per heavy atom. The molecule has 0 spiro atoms. The lowest BCUT2D eigenvalue weighted by Crippen LogP contribution is -2.37. The van der Waals surface area contributed by atoms with Gasteiger partial charge in [-0.15, -0.1) is 0 Å². The van der Waals surface area contributed by atoms with E-state index in [2.05, 4.69) is 5.32 Å². The van der Waals surface area contributed by atoms with E-state index in [1.54, 1.807) is 24.3 Å². The molecule has 0 aliphatic carbocycles. The summed E-state index contributed by atoms with van der Waals surface area (Å²) in [6.45, 7) is 5.93. The van der Waals surface area contributed by atoms with E-state index >= 15 is 0 Å². The van der Waals surface area contributed by atoms with E-state index in [1.807, 2.05) is 32.9 Å². The third kappa shape index (κ3) is 4.05. The van der Waals surface area contributed by atoms with Gasteiger partial charge in [0.2, 0.25) is 0 Å². The fraction of sp³-hybridized carbons (Fsp3) is 0.316. The number of amides is 1. The molecule has 0 aliphatic heterocycles. The molecule has 0 saturated heterocycles. The summed E-state index contributed by atoms with van der Waals surface area (Å²) in [5.74, 6) is -0.232. The van der Waals surface area contributed by atoms with E-state index in [1.165, 1.54) is 25.4 Å². The molecule has 1 N–H and O–H groups in total. The van der Waals surface area contributed by atoms with Crippen molar-refractivity contribution in [3.63, 3.8) is 0 Å². The lowest BCUT2D eigenvalue weighted by atomic mass is 10.0. The van der Waals surface area contributed by atoms with Crippen LogP contribution in [0.3, 0.4) is 0 Å². The SMILES string of the molecule is Cc1cc(C)c(NC(=O)c2ccc(N(C)S(=O)(=O)N(C)C)cc2)c(C)c1. The van der Waals surface area contributed by atoms with Crippen LogP contribution in [-0.4, -0.2) is 39.8 Å². The molecule has 0 unspecified atom stereocenters. The van der Waals surface area contributed by atoms with E-state index in [-0.39, 0.29) is 5.91 Å². The van der Waals surface area contributed by atoms with Gasteiger partial charge in [-0.2, -0.15) is 12.7 Å². The number of nitrogens with zero attached hydrogens (tertiary/aromatic N) is 2. The van der Waals surface area contributed by atoms with E-state index < -0.39 is 10.2 Å². The van der Waals surface area contributed by atoms with E-state index in [9.17, 15) is 13.2 Å². The molecule has 1 amide bonds. The van der Waals surface area contributed by atoms with E-state index in [4.69, 9.17) is 0 Å². The van der Waals surface area contributed by atoms with Crippen molar-refractivity contribution in [1.29, 1.82) is 0 Å². The third-order valence-corrected chi connectivity index (χ3v) is 6.04. The number of carbonyl (C=O) groups is 1. The van der Waals surface area contributed by atoms with Gasteiger partial charge in [0.25, 0.3) is 5.91 Å². The molecule has 26 heavy (non-hydrogen) atoms. The average molecular weight is 375 g/mol. The molecule has 0 aromatic heterocycles. The van der Waals surface area contributed by atoms with E-state index in [0.29, 0.717) is 11.3 Å². The van der Waals surface area contributed by atoms with Gasteiger partial charge in [0.15, 0.2) is 0 Å². The van der Waals surface area contributed by atoms with Crippen molar-refractivity contribution in [1.82, 2.24) is 4.31 Å². The number of aryl methyl sites for hydroxylation is 3. The maximum absolute atomic E-state index is 12.5. The summed E-state index contributed by atoms with van der Waals surface area (Å²) < 4.78 is 26.6. The van der Waals surface area contributed by atoms with Crippen molar-refractivity contribution in [3.8, 4) is 0 Å². The van der Waals surface area contributed by atoms with Gasteiger partial charge in [0.1, 0.15) is 0 Å². The lowest BCUT2D eigenvalue weighted by molar-refractivity contribution is 0.102. The first-order valence-electron chi connectivity index (χ1n) is 8.19. The van der Waals surface area contributed by atoms with Crippen molar-refractivity contribution in [2.75, 3.05) is 30.8 Å². The summed E-state index contributed by atoms with van der Waals surface area (Å²) in [6.07, 6.45) is 0. The number of hydrogen-bond acceptors (Lipinski definition) is 3. The van der Waals surface area contributed by atoms with Gasteiger partial charge in [-0.25, -0.2) is 0 Å². The van der Waals surface area contributed by atoms with E-state index in [0.717, 1.165) is 26.7 Å². The number of rotatable bonds is 5. The van der Waals surface area contributed by atoms with Gasteiger partial charge in [-0.3, -0.25) is 9.10 Å². The highest BCUT2D eigenvalue weighted by molar-refractivity contribution is 7.90. The molecule has 0 radical (unpaired) electrons. The van der Waals surface area contributed by atoms with Crippen LogP contribution in [0, 0.1) is 20.8 Å². The van der Waals surface area contributed by atoms with Crippen molar-refractivity contribution in [2.45, 2.75) is 20.8 Å². The first-order valence-corrected chi connectivity index (χ1v) is 9.59.